The monoisotopic (exact) mass is 806 g/mol. The zero-order chi connectivity index (χ0) is 37.2. The molecule has 0 amide bonds. The van der Waals surface area contributed by atoms with E-state index in [0.29, 0.717) is 11.5 Å². The summed E-state index contributed by atoms with van der Waals surface area (Å²) < 4.78 is 11.1. The summed E-state index contributed by atoms with van der Waals surface area (Å²) in [4.78, 5) is 4.85. The number of ether oxygens (including phenoxy) is 1. The summed E-state index contributed by atoms with van der Waals surface area (Å²) in [7, 11) is 0. The Hall–Kier alpha value is -4.50. The fourth-order valence-electron chi connectivity index (χ4n) is 7.85. The van der Waals surface area contributed by atoms with E-state index in [1.807, 2.05) is 12.3 Å². The first-order chi connectivity index (χ1) is 25.8. The van der Waals surface area contributed by atoms with Gasteiger partial charge in [-0.3, -0.25) is 4.68 Å². The average molecular weight is 807 g/mol. The van der Waals surface area contributed by atoms with Gasteiger partial charge in [0.1, 0.15) is 5.82 Å². The molecule has 0 spiro atoms. The van der Waals surface area contributed by atoms with Crippen molar-refractivity contribution >= 4 is 21.8 Å². The average Bonchev–Trinajstić information content (AvgIpc) is 3.71. The van der Waals surface area contributed by atoms with E-state index in [4.69, 9.17) is 14.8 Å². The minimum absolute atomic E-state index is 0. The number of aromatic nitrogens is 4. The van der Waals surface area contributed by atoms with Gasteiger partial charge in [-0.25, -0.2) is 4.98 Å². The molecule has 4 aromatic carbocycles. The summed E-state index contributed by atoms with van der Waals surface area (Å²) in [5.41, 5.74) is 14.5. The van der Waals surface area contributed by atoms with Crippen molar-refractivity contribution in [1.82, 2.24) is 19.3 Å². The van der Waals surface area contributed by atoms with E-state index in [-0.39, 0.29) is 26.3 Å². The van der Waals surface area contributed by atoms with Gasteiger partial charge >= 0.3 is 20.4 Å². The van der Waals surface area contributed by atoms with Gasteiger partial charge in [0.15, 0.2) is 0 Å². The van der Waals surface area contributed by atoms with Gasteiger partial charge in [-0.2, -0.15) is 11.2 Å². The van der Waals surface area contributed by atoms with Crippen molar-refractivity contribution in [3.8, 4) is 34.1 Å². The Morgan fingerprint density at radius 3 is 2.20 bits per heavy atom. The summed E-state index contributed by atoms with van der Waals surface area (Å²) in [5, 5.41) is 7.60. The largest absolute Gasteiger partial charge is 2.00 e. The molecule has 280 valence electrons. The van der Waals surface area contributed by atoms with Crippen LogP contribution in [-0.4, -0.2) is 19.3 Å². The first kappa shape index (κ1) is 39.2. The molecule has 0 aliphatic carbocycles. The molecule has 7 aromatic rings. The summed E-state index contributed by atoms with van der Waals surface area (Å²) >= 11 is 0. The summed E-state index contributed by atoms with van der Waals surface area (Å²) in [5.74, 6) is 2.47. The molecular weight excluding hydrogens is 755 g/mol. The van der Waals surface area contributed by atoms with Crippen LogP contribution < -0.4 is 4.74 Å². The number of unbranched alkanes of at least 4 members (excludes halogenated alkanes) is 1. The maximum absolute atomic E-state index is 6.72. The van der Waals surface area contributed by atoms with Gasteiger partial charge in [0.25, 0.3) is 0 Å². The number of rotatable bonds is 13. The maximum Gasteiger partial charge on any atom is 2.00 e. The molecule has 6 heteroatoms. The Morgan fingerprint density at radius 2 is 1.52 bits per heavy atom. The number of benzene rings is 4. The van der Waals surface area contributed by atoms with Gasteiger partial charge < -0.3 is 9.30 Å². The maximum atomic E-state index is 6.72. The van der Waals surface area contributed by atoms with Gasteiger partial charge in [-0.1, -0.05) is 96.3 Å². The van der Waals surface area contributed by atoms with Crippen LogP contribution in [0.1, 0.15) is 106 Å². The Kier molecular flexibility index (Phi) is 12.3. The fourth-order valence-corrected chi connectivity index (χ4v) is 7.85. The molecule has 0 saturated heterocycles. The van der Waals surface area contributed by atoms with Gasteiger partial charge in [-0.15, -0.1) is 41.3 Å². The van der Waals surface area contributed by atoms with Crippen LogP contribution >= 0.6 is 0 Å². The van der Waals surface area contributed by atoms with Crippen molar-refractivity contribution in [2.75, 3.05) is 0 Å². The molecule has 3 heterocycles. The van der Waals surface area contributed by atoms with Crippen LogP contribution in [0.25, 0.3) is 44.4 Å². The van der Waals surface area contributed by atoms with Crippen molar-refractivity contribution in [3.05, 3.63) is 130 Å². The Labute approximate surface area is 335 Å². The molecule has 0 atom stereocenters. The van der Waals surface area contributed by atoms with Crippen LogP contribution in [0.4, 0.5) is 0 Å². The third kappa shape index (κ3) is 7.44. The van der Waals surface area contributed by atoms with Gasteiger partial charge in [0.2, 0.25) is 0 Å². The number of hydrogen-bond acceptors (Lipinski definition) is 3. The topological polar surface area (TPSA) is 44.9 Å². The Balaban J connectivity index is 0.00000497. The first-order valence-electron chi connectivity index (χ1n) is 19.7. The minimum atomic E-state index is 0. The van der Waals surface area contributed by atoms with Crippen molar-refractivity contribution in [2.45, 2.75) is 106 Å². The summed E-state index contributed by atoms with van der Waals surface area (Å²) in [6.45, 7) is 17.9. The second-order valence-electron chi connectivity index (χ2n) is 14.5. The number of fused-ring (bicyclic) bond motifs is 3. The molecule has 0 aliphatic rings. The van der Waals surface area contributed by atoms with Gasteiger partial charge in [-0.05, 0) is 103 Å². The van der Waals surface area contributed by atoms with Crippen LogP contribution in [0.5, 0.6) is 11.5 Å². The third-order valence-electron chi connectivity index (χ3n) is 10.6. The molecule has 0 aliphatic heterocycles. The smallest absolute Gasteiger partial charge is 0.509 e. The second-order valence-corrected chi connectivity index (χ2v) is 14.5. The molecule has 5 nitrogen and oxygen atoms in total. The number of para-hydroxylation sites is 1. The van der Waals surface area contributed by atoms with Crippen molar-refractivity contribution < 1.29 is 25.2 Å². The number of hydrogen-bond donors (Lipinski definition) is 0. The molecule has 0 radical (unpaired) electrons. The van der Waals surface area contributed by atoms with Crippen molar-refractivity contribution in [3.63, 3.8) is 0 Å². The zero-order valence-electron chi connectivity index (χ0n) is 33.0. The Morgan fingerprint density at radius 1 is 0.759 bits per heavy atom. The molecule has 0 N–H and O–H groups in total. The number of aryl methyl sites for hydroxylation is 5. The molecular formula is C48H52N4OPd. The second kappa shape index (κ2) is 16.9. The molecule has 7 rings (SSSR count). The van der Waals surface area contributed by atoms with E-state index in [9.17, 15) is 0 Å². The molecule has 3 aromatic heterocycles. The van der Waals surface area contributed by atoms with E-state index in [1.54, 1.807) is 0 Å². The quantitative estimate of drug-likeness (QED) is 0.0861. The predicted molar refractivity (Wildman–Crippen MR) is 220 cm³/mol. The first-order valence-corrected chi connectivity index (χ1v) is 19.7. The van der Waals surface area contributed by atoms with Gasteiger partial charge in [0.05, 0.1) is 5.69 Å². The fraction of sp³-hybridized carbons (Fsp3) is 0.333. The molecule has 54 heavy (non-hydrogen) atoms. The summed E-state index contributed by atoms with van der Waals surface area (Å²) in [6, 6.07) is 33.4. The van der Waals surface area contributed by atoms with Crippen LogP contribution in [0.2, 0.25) is 0 Å². The standard InChI is InChI=1S/C48H52N4O.Pd/c1-9-14-17-33-22-23-49-46(26-33)51-44-19-16-15-18-40(44)41-21-20-38(30-45(41)51)53-39-28-36(31(6)7)27-37(29-39)52-43(13-5)48(42(12-4)50-52)47-34(10-2)24-32(8)25-35(47)11-3;/h15-16,18-28,31H,9-14,17H2,1-8H3;/q-2;+2. The molecule has 0 unspecified atom stereocenters. The number of nitrogens with zero attached hydrogens (tertiary/aromatic N) is 4. The minimum Gasteiger partial charge on any atom is -0.509 e. The van der Waals surface area contributed by atoms with Crippen LogP contribution in [0, 0.1) is 19.1 Å². The number of pyridine rings is 1. The Bertz CT molecular complexity index is 2390. The predicted octanol–water partition coefficient (Wildman–Crippen LogP) is 12.4. The molecule has 0 fully saturated rings. The van der Waals surface area contributed by atoms with E-state index in [2.05, 4.69) is 144 Å². The van der Waals surface area contributed by atoms with Crippen molar-refractivity contribution in [1.29, 1.82) is 0 Å². The van der Waals surface area contributed by atoms with Crippen molar-refractivity contribution in [2.24, 2.45) is 0 Å². The third-order valence-corrected chi connectivity index (χ3v) is 10.6. The normalized spacial score (nSPS) is 11.5. The zero-order valence-corrected chi connectivity index (χ0v) is 34.6. The van der Waals surface area contributed by atoms with Crippen LogP contribution in [0.3, 0.4) is 0 Å². The van der Waals surface area contributed by atoms with E-state index >= 15 is 0 Å². The molecule has 0 bridgehead atoms. The SMILES string of the molecule is CCCCc1ccnc(-n2c3[c-]c(Oc4[c-]c(-n5nc(CC)c(-c6c(CC)cc(C)cc6CC)c5CC)cc(C(C)C)c4)ccc3c3ccccc32)c1.[Pd+2]. The summed E-state index contributed by atoms with van der Waals surface area (Å²) in [6.07, 6.45) is 8.93. The van der Waals surface area contributed by atoms with Crippen LogP contribution in [0.15, 0.2) is 79.0 Å². The van der Waals surface area contributed by atoms with E-state index in [1.165, 1.54) is 50.0 Å². The molecule has 0 saturated carbocycles. The van der Waals surface area contributed by atoms with E-state index < -0.39 is 0 Å². The van der Waals surface area contributed by atoms with Gasteiger partial charge in [0, 0.05) is 34.5 Å². The van der Waals surface area contributed by atoms with Crippen LogP contribution in [-0.2, 0) is 52.5 Å². The van der Waals surface area contributed by atoms with E-state index in [0.717, 1.165) is 78.6 Å².